The van der Waals surface area contributed by atoms with Crippen LogP contribution in [0.4, 0.5) is 27.8 Å². The standard InChI is InChI=1S/C46H43F4N9OS2/c1-46(49,50)40-11-6-29(20-53-40)15-37(52)24-57-45-59-38(43(62-45)31-8-10-33-22-55-42(48)19-35(33)17-31)26-60-13-12-27-2-4-28(5-3-27)14-36(51)23-56-44-58-25-39(61-44)30-7-9-32-21-54-41(47)18-34(32)16-30/h2-11,16-22,25,36-37H,12-15,23-24,26,51-52H2,1H3,(H,56,58)(H,57,59)/t36-,37-/m0/s1. The first kappa shape index (κ1) is 42.8. The summed E-state index contributed by atoms with van der Waals surface area (Å²) in [6.07, 6.45) is 8.09. The van der Waals surface area contributed by atoms with Crippen LogP contribution in [0.25, 0.3) is 42.4 Å². The van der Waals surface area contributed by atoms with Crippen molar-refractivity contribution in [2.24, 2.45) is 11.5 Å². The lowest BCUT2D eigenvalue weighted by molar-refractivity contribution is 0.0127. The van der Waals surface area contributed by atoms with Crippen molar-refractivity contribution in [3.8, 4) is 20.9 Å². The van der Waals surface area contributed by atoms with Crippen molar-refractivity contribution < 1.29 is 22.3 Å². The van der Waals surface area contributed by atoms with E-state index in [4.69, 9.17) is 21.2 Å². The fourth-order valence-electron chi connectivity index (χ4n) is 6.96. The Kier molecular flexibility index (Phi) is 13.1. The highest BCUT2D eigenvalue weighted by Crippen LogP contribution is 2.36. The average Bonchev–Trinajstić information content (AvgIpc) is 3.91. The molecule has 16 heteroatoms. The van der Waals surface area contributed by atoms with Gasteiger partial charge < -0.3 is 26.8 Å². The number of nitrogens with zero attached hydrogens (tertiary/aromatic N) is 5. The van der Waals surface area contributed by atoms with Crippen LogP contribution in [0.5, 0.6) is 0 Å². The number of anilines is 2. The zero-order valence-electron chi connectivity index (χ0n) is 33.6. The van der Waals surface area contributed by atoms with E-state index in [0.717, 1.165) is 76.9 Å². The molecule has 6 N–H and O–H groups in total. The van der Waals surface area contributed by atoms with Crippen LogP contribution >= 0.6 is 22.7 Å². The predicted octanol–water partition coefficient (Wildman–Crippen LogP) is 9.54. The van der Waals surface area contributed by atoms with E-state index in [1.165, 1.54) is 59.5 Å². The van der Waals surface area contributed by atoms with E-state index in [2.05, 4.69) is 54.8 Å². The molecule has 0 saturated carbocycles. The van der Waals surface area contributed by atoms with E-state index in [1.807, 2.05) is 36.4 Å². The van der Waals surface area contributed by atoms with Gasteiger partial charge in [-0.2, -0.15) is 17.6 Å². The SMILES string of the molecule is CC(F)(F)c1ccc(C[C@H](N)CNc2nc(COCCc3ccc(C[C@H](N)CNc4ncc(-c5ccc6cnc(F)cc6c5)s4)cc3)c(-c3ccc4cnc(F)cc4c3)s2)cn1. The van der Waals surface area contributed by atoms with Crippen LogP contribution in [0.15, 0.2) is 110 Å². The molecular formula is C46H43F4N9OS2. The van der Waals surface area contributed by atoms with Gasteiger partial charge in [0.15, 0.2) is 10.3 Å². The van der Waals surface area contributed by atoms with Gasteiger partial charge in [-0.3, -0.25) is 4.98 Å². The predicted molar refractivity (Wildman–Crippen MR) is 240 cm³/mol. The van der Waals surface area contributed by atoms with Gasteiger partial charge in [-0.1, -0.05) is 77.3 Å². The summed E-state index contributed by atoms with van der Waals surface area (Å²) in [4.78, 5) is 22.6. The Morgan fingerprint density at radius 1 is 0.645 bits per heavy atom. The summed E-state index contributed by atoms with van der Waals surface area (Å²) >= 11 is 2.97. The van der Waals surface area contributed by atoms with Crippen LogP contribution < -0.4 is 22.1 Å². The van der Waals surface area contributed by atoms with Gasteiger partial charge in [0.05, 0.1) is 28.7 Å². The highest BCUT2D eigenvalue weighted by molar-refractivity contribution is 7.19. The van der Waals surface area contributed by atoms with Gasteiger partial charge in [0.25, 0.3) is 5.92 Å². The van der Waals surface area contributed by atoms with Crippen LogP contribution in [0, 0.1) is 11.9 Å². The van der Waals surface area contributed by atoms with Gasteiger partial charge in [0.2, 0.25) is 11.9 Å². The quantitative estimate of drug-likeness (QED) is 0.0373. The van der Waals surface area contributed by atoms with Gasteiger partial charge >= 0.3 is 0 Å². The number of fused-ring (bicyclic) bond motifs is 2. The van der Waals surface area contributed by atoms with Crippen LogP contribution in [-0.2, 0) is 36.5 Å². The summed E-state index contributed by atoms with van der Waals surface area (Å²) in [5.74, 6) is -4.08. The largest absolute Gasteiger partial charge is 0.375 e. The second kappa shape index (κ2) is 19.0. The van der Waals surface area contributed by atoms with Crippen LogP contribution in [0.3, 0.4) is 0 Å². The van der Waals surface area contributed by atoms with E-state index in [1.54, 1.807) is 12.3 Å². The molecule has 0 amide bonds. The topological polar surface area (TPSA) is 150 Å². The highest BCUT2D eigenvalue weighted by Gasteiger charge is 2.26. The molecule has 0 aliphatic heterocycles. The van der Waals surface area contributed by atoms with E-state index < -0.39 is 17.8 Å². The highest BCUT2D eigenvalue weighted by atomic mass is 32.1. The Morgan fingerprint density at radius 3 is 1.92 bits per heavy atom. The molecule has 5 heterocycles. The van der Waals surface area contributed by atoms with Crippen molar-refractivity contribution in [3.05, 3.63) is 150 Å². The first-order valence-electron chi connectivity index (χ1n) is 20.0. The fraction of sp³-hybridized carbons (Fsp3) is 0.239. The number of rotatable bonds is 18. The first-order chi connectivity index (χ1) is 29.9. The molecule has 318 valence electrons. The lowest BCUT2D eigenvalue weighted by Crippen LogP contribution is -2.31. The minimum absolute atomic E-state index is 0.137. The Hall–Kier alpha value is -5.91. The molecule has 0 aliphatic carbocycles. The number of hydrogen-bond acceptors (Lipinski definition) is 12. The lowest BCUT2D eigenvalue weighted by Gasteiger charge is -2.13. The Balaban J connectivity index is 0.836. The molecule has 0 aliphatic rings. The molecule has 0 fully saturated rings. The molecule has 0 unspecified atom stereocenters. The second-order valence-corrected chi connectivity index (χ2v) is 17.2. The van der Waals surface area contributed by atoms with Crippen molar-refractivity contribution in [2.45, 2.75) is 50.8 Å². The number of thiazole rings is 2. The number of alkyl halides is 2. The number of nitrogens with one attached hydrogen (secondary N) is 2. The van der Waals surface area contributed by atoms with Crippen molar-refractivity contribution >= 4 is 54.5 Å². The number of nitrogens with two attached hydrogens (primary N) is 2. The van der Waals surface area contributed by atoms with E-state index in [0.29, 0.717) is 44.1 Å². The number of hydrogen-bond donors (Lipinski definition) is 4. The van der Waals surface area contributed by atoms with Crippen molar-refractivity contribution in [2.75, 3.05) is 30.3 Å². The number of ether oxygens (including phenoxy) is 1. The monoisotopic (exact) mass is 877 g/mol. The molecule has 0 spiro atoms. The maximum atomic E-state index is 14.0. The number of halogens is 4. The minimum atomic E-state index is -3.01. The van der Waals surface area contributed by atoms with E-state index in [-0.39, 0.29) is 24.4 Å². The summed E-state index contributed by atoms with van der Waals surface area (Å²) in [5, 5.41) is 11.3. The molecule has 8 aromatic rings. The van der Waals surface area contributed by atoms with Gasteiger partial charge in [-0.05, 0) is 76.1 Å². The fourth-order valence-corrected chi connectivity index (χ4v) is 8.75. The summed E-state index contributed by atoms with van der Waals surface area (Å²) in [5.41, 5.74) is 18.2. The van der Waals surface area contributed by atoms with Crippen molar-refractivity contribution in [1.82, 2.24) is 24.9 Å². The van der Waals surface area contributed by atoms with E-state index >= 15 is 0 Å². The summed E-state index contributed by atoms with van der Waals surface area (Å²) in [6, 6.07) is 25.3. The Morgan fingerprint density at radius 2 is 1.26 bits per heavy atom. The first-order valence-corrected chi connectivity index (χ1v) is 21.6. The van der Waals surface area contributed by atoms with Gasteiger partial charge in [0.1, 0.15) is 5.69 Å². The number of pyridine rings is 3. The number of aromatic nitrogens is 5. The van der Waals surface area contributed by atoms with Crippen LogP contribution in [0.1, 0.15) is 35.0 Å². The zero-order valence-corrected chi connectivity index (χ0v) is 35.3. The van der Waals surface area contributed by atoms with Gasteiger partial charge in [-0.25, -0.2) is 19.9 Å². The zero-order chi connectivity index (χ0) is 43.2. The van der Waals surface area contributed by atoms with Crippen molar-refractivity contribution in [3.63, 3.8) is 0 Å². The van der Waals surface area contributed by atoms with Crippen LogP contribution in [0.2, 0.25) is 0 Å². The Bertz CT molecular complexity index is 2780. The molecule has 2 atom stereocenters. The second-order valence-electron chi connectivity index (χ2n) is 15.2. The molecule has 0 radical (unpaired) electrons. The maximum absolute atomic E-state index is 14.0. The number of benzene rings is 3. The Labute approximate surface area is 363 Å². The maximum Gasteiger partial charge on any atom is 0.286 e. The van der Waals surface area contributed by atoms with Crippen molar-refractivity contribution in [1.29, 1.82) is 0 Å². The normalized spacial score (nSPS) is 12.8. The molecule has 3 aromatic carbocycles. The minimum Gasteiger partial charge on any atom is -0.375 e. The van der Waals surface area contributed by atoms with Gasteiger partial charge in [0, 0.05) is 79.8 Å². The third-order valence-corrected chi connectivity index (χ3v) is 12.3. The third kappa shape index (κ3) is 10.9. The molecule has 8 rings (SSSR count). The summed E-state index contributed by atoms with van der Waals surface area (Å²) in [7, 11) is 0. The lowest BCUT2D eigenvalue weighted by atomic mass is 10.0. The molecule has 5 aromatic heterocycles. The molecule has 10 nitrogen and oxygen atoms in total. The smallest absolute Gasteiger partial charge is 0.286 e. The summed E-state index contributed by atoms with van der Waals surface area (Å²) in [6.45, 7) is 2.46. The van der Waals surface area contributed by atoms with E-state index in [9.17, 15) is 17.6 Å². The molecule has 0 bridgehead atoms. The molecule has 62 heavy (non-hydrogen) atoms. The van der Waals surface area contributed by atoms with Crippen LogP contribution in [-0.4, -0.2) is 56.7 Å². The average molecular weight is 878 g/mol. The third-order valence-electron chi connectivity index (χ3n) is 10.2. The van der Waals surface area contributed by atoms with Gasteiger partial charge in [-0.15, -0.1) is 0 Å². The molecule has 0 saturated heterocycles. The molecular weight excluding hydrogens is 835 g/mol. The summed E-state index contributed by atoms with van der Waals surface area (Å²) < 4.78 is 61.1.